The largest absolute Gasteiger partial charge is 0.493 e. The van der Waals surface area contributed by atoms with Crippen molar-refractivity contribution in [1.82, 2.24) is 9.97 Å². The molecule has 2 aromatic heterocycles. The van der Waals surface area contributed by atoms with Gasteiger partial charge < -0.3 is 38.4 Å². The van der Waals surface area contributed by atoms with Gasteiger partial charge in [0, 0.05) is 45.7 Å². The normalized spacial score (nSPS) is 12.3. The molecule has 0 amide bonds. The van der Waals surface area contributed by atoms with E-state index in [9.17, 15) is 0 Å². The van der Waals surface area contributed by atoms with E-state index in [1.165, 1.54) is 11.1 Å². The summed E-state index contributed by atoms with van der Waals surface area (Å²) in [6, 6.07) is 12.2. The molecule has 8 nitrogen and oxygen atoms in total. The van der Waals surface area contributed by atoms with Crippen molar-refractivity contribution in [3.8, 4) is 45.6 Å². The van der Waals surface area contributed by atoms with E-state index in [0.29, 0.717) is 34.5 Å². The number of ether oxygens (including phenoxy) is 6. The molecule has 0 saturated heterocycles. The first kappa shape index (κ1) is 23.4. The third-order valence-corrected chi connectivity index (χ3v) is 7.95. The van der Waals surface area contributed by atoms with Gasteiger partial charge in [-0.1, -0.05) is 0 Å². The van der Waals surface area contributed by atoms with Crippen LogP contribution in [-0.4, -0.2) is 52.6 Å². The number of hydrogen-bond acceptors (Lipinski definition) is 6. The summed E-state index contributed by atoms with van der Waals surface area (Å²) in [5.41, 5.74) is 8.71. The molecular weight excluding hydrogens is 496 g/mol. The van der Waals surface area contributed by atoms with Crippen LogP contribution in [0.1, 0.15) is 11.1 Å². The quantitative estimate of drug-likeness (QED) is 0.256. The molecule has 198 valence electrons. The Bertz CT molecular complexity index is 1970. The zero-order valence-electron chi connectivity index (χ0n) is 22.6. The summed E-state index contributed by atoms with van der Waals surface area (Å²) in [5, 5.41) is 4.31. The van der Waals surface area contributed by atoms with Crippen LogP contribution >= 0.6 is 0 Å². The fraction of sp³-hybridized carbons (Fsp3) is 0.226. The van der Waals surface area contributed by atoms with Crippen molar-refractivity contribution in [2.75, 3.05) is 42.7 Å². The Hall–Kier alpha value is -4.72. The Labute approximate surface area is 224 Å². The van der Waals surface area contributed by atoms with Crippen LogP contribution in [0.2, 0.25) is 0 Å². The summed E-state index contributed by atoms with van der Waals surface area (Å²) in [5.74, 6) is 4.10. The number of methoxy groups -OCH3 is 6. The summed E-state index contributed by atoms with van der Waals surface area (Å²) in [6.45, 7) is 0. The summed E-state index contributed by atoms with van der Waals surface area (Å²) in [6.07, 6.45) is 0.751. The third-order valence-electron chi connectivity index (χ3n) is 7.95. The lowest BCUT2D eigenvalue weighted by Gasteiger charge is -2.11. The number of fused-ring (bicyclic) bond motifs is 12. The summed E-state index contributed by atoms with van der Waals surface area (Å²) >= 11 is 0. The van der Waals surface area contributed by atoms with Crippen LogP contribution in [0.15, 0.2) is 36.4 Å². The molecule has 0 atom stereocenters. The van der Waals surface area contributed by atoms with Crippen molar-refractivity contribution in [3.63, 3.8) is 0 Å². The van der Waals surface area contributed by atoms with Crippen LogP contribution < -0.4 is 28.4 Å². The van der Waals surface area contributed by atoms with Crippen molar-refractivity contribution in [2.45, 2.75) is 6.42 Å². The zero-order chi connectivity index (χ0) is 27.0. The van der Waals surface area contributed by atoms with Gasteiger partial charge in [-0.3, -0.25) is 0 Å². The molecule has 1 aliphatic carbocycles. The van der Waals surface area contributed by atoms with Crippen LogP contribution in [0.5, 0.6) is 34.5 Å². The summed E-state index contributed by atoms with van der Waals surface area (Å²) in [4.78, 5) is 7.46. The molecule has 0 spiro atoms. The van der Waals surface area contributed by atoms with Crippen molar-refractivity contribution >= 4 is 43.6 Å². The highest BCUT2D eigenvalue weighted by atomic mass is 16.5. The van der Waals surface area contributed by atoms with Crippen LogP contribution in [0.3, 0.4) is 0 Å². The Kier molecular flexibility index (Phi) is 5.04. The second-order valence-electron chi connectivity index (χ2n) is 9.65. The maximum atomic E-state index is 5.70. The molecule has 2 N–H and O–H groups in total. The van der Waals surface area contributed by atoms with Gasteiger partial charge in [-0.15, -0.1) is 0 Å². The number of hydrogen-bond donors (Lipinski definition) is 2. The molecule has 0 unspecified atom stereocenters. The zero-order valence-corrected chi connectivity index (χ0v) is 22.6. The molecule has 8 heteroatoms. The van der Waals surface area contributed by atoms with Gasteiger partial charge in [-0.2, -0.15) is 0 Å². The lowest BCUT2D eigenvalue weighted by atomic mass is 9.96. The van der Waals surface area contributed by atoms with Crippen molar-refractivity contribution in [1.29, 1.82) is 0 Å². The van der Waals surface area contributed by atoms with Gasteiger partial charge in [0.25, 0.3) is 0 Å². The minimum Gasteiger partial charge on any atom is -0.493 e. The summed E-state index contributed by atoms with van der Waals surface area (Å²) in [7, 11) is 9.95. The Balaban J connectivity index is 1.70. The molecule has 0 fully saturated rings. The van der Waals surface area contributed by atoms with Gasteiger partial charge in [-0.25, -0.2) is 0 Å². The molecule has 0 aliphatic heterocycles. The smallest absolute Gasteiger partial charge is 0.162 e. The van der Waals surface area contributed by atoms with E-state index >= 15 is 0 Å². The Morgan fingerprint density at radius 2 is 0.949 bits per heavy atom. The SMILES string of the molecule is COc1cc2c(cc1OC)-c1c(c3[nH]c4cc(OC)c(OC)cc4c3c3c1[nH]c1cc(OC)c(OC)cc13)C2. The van der Waals surface area contributed by atoms with E-state index in [1.807, 2.05) is 24.3 Å². The number of aromatic amines is 2. The van der Waals surface area contributed by atoms with Crippen LogP contribution in [-0.2, 0) is 6.42 Å². The first-order chi connectivity index (χ1) is 19.0. The number of nitrogens with one attached hydrogen (secondary N) is 2. The van der Waals surface area contributed by atoms with Gasteiger partial charge in [0.2, 0.25) is 0 Å². The third kappa shape index (κ3) is 3.05. The van der Waals surface area contributed by atoms with Gasteiger partial charge in [0.1, 0.15) is 0 Å². The Morgan fingerprint density at radius 1 is 0.513 bits per heavy atom. The highest BCUT2D eigenvalue weighted by molar-refractivity contribution is 6.32. The monoisotopic (exact) mass is 524 g/mol. The van der Waals surface area contributed by atoms with Gasteiger partial charge in [-0.05, 0) is 41.0 Å². The predicted molar refractivity (Wildman–Crippen MR) is 153 cm³/mol. The van der Waals surface area contributed by atoms with Crippen molar-refractivity contribution in [3.05, 3.63) is 47.5 Å². The topological polar surface area (TPSA) is 87.0 Å². The van der Waals surface area contributed by atoms with Gasteiger partial charge in [0.05, 0.1) is 64.7 Å². The Morgan fingerprint density at radius 3 is 1.49 bits per heavy atom. The van der Waals surface area contributed by atoms with Crippen molar-refractivity contribution < 1.29 is 28.4 Å². The second-order valence-corrected chi connectivity index (χ2v) is 9.65. The first-order valence-corrected chi connectivity index (χ1v) is 12.6. The average Bonchev–Trinajstić information content (AvgIpc) is 3.64. The molecule has 2 heterocycles. The van der Waals surface area contributed by atoms with E-state index in [4.69, 9.17) is 28.4 Å². The lowest BCUT2D eigenvalue weighted by Crippen LogP contribution is -1.92. The first-order valence-electron chi connectivity index (χ1n) is 12.6. The van der Waals surface area contributed by atoms with Crippen LogP contribution in [0.25, 0.3) is 54.7 Å². The molecule has 0 radical (unpaired) electrons. The molecule has 0 saturated carbocycles. The second kappa shape index (κ2) is 8.39. The number of benzene rings is 4. The maximum Gasteiger partial charge on any atom is 0.162 e. The molecule has 6 aromatic rings. The number of rotatable bonds is 6. The van der Waals surface area contributed by atoms with E-state index in [1.54, 1.807) is 42.7 Å². The van der Waals surface area contributed by atoms with E-state index in [-0.39, 0.29) is 0 Å². The van der Waals surface area contributed by atoms with Gasteiger partial charge >= 0.3 is 0 Å². The highest BCUT2D eigenvalue weighted by Crippen LogP contribution is 2.52. The lowest BCUT2D eigenvalue weighted by molar-refractivity contribution is 0.355. The molecular formula is C31H28N2O6. The molecule has 39 heavy (non-hydrogen) atoms. The average molecular weight is 525 g/mol. The van der Waals surface area contributed by atoms with Crippen LogP contribution in [0.4, 0.5) is 0 Å². The standard InChI is InChI=1S/C31H28N2O6/c1-34-21-8-14-7-18-27(15(14)9-22(21)35-2)31-29(17-11-24(37-4)26(39-6)13-20(17)33-31)28-16-10-23(36-3)25(38-5)12-19(16)32-30(18)28/h8-13,32-33H,7H2,1-6H3. The summed E-state index contributed by atoms with van der Waals surface area (Å²) < 4.78 is 34.0. The highest BCUT2D eigenvalue weighted by Gasteiger charge is 2.30. The predicted octanol–water partition coefficient (Wildman–Crippen LogP) is 6.58. The minimum atomic E-state index is 0.668. The fourth-order valence-electron chi connectivity index (χ4n) is 6.22. The van der Waals surface area contributed by atoms with Gasteiger partial charge in [0.15, 0.2) is 34.5 Å². The molecule has 1 aliphatic rings. The fourth-order valence-corrected chi connectivity index (χ4v) is 6.22. The number of H-pyrrole nitrogens is 2. The minimum absolute atomic E-state index is 0.668. The molecule has 7 rings (SSSR count). The number of aromatic nitrogens is 2. The van der Waals surface area contributed by atoms with E-state index in [0.717, 1.165) is 61.2 Å². The van der Waals surface area contributed by atoms with E-state index < -0.39 is 0 Å². The van der Waals surface area contributed by atoms with Crippen molar-refractivity contribution in [2.24, 2.45) is 0 Å². The van der Waals surface area contributed by atoms with Crippen LogP contribution in [0, 0.1) is 0 Å². The van der Waals surface area contributed by atoms with E-state index in [2.05, 4.69) is 22.1 Å². The molecule has 4 aromatic carbocycles. The maximum absolute atomic E-state index is 5.70. The molecule has 0 bridgehead atoms.